The topological polar surface area (TPSA) is 24.5 Å². The van der Waals surface area contributed by atoms with Gasteiger partial charge in [0.25, 0.3) is 0 Å². The maximum atomic E-state index is 5.87. The molecule has 0 radical (unpaired) electrons. The lowest BCUT2D eigenvalue weighted by molar-refractivity contribution is 0.0305. The van der Waals surface area contributed by atoms with Crippen LogP contribution in [0.25, 0.3) is 0 Å². The Morgan fingerprint density at radius 1 is 1.17 bits per heavy atom. The van der Waals surface area contributed by atoms with E-state index in [-0.39, 0.29) is 0 Å². The van der Waals surface area contributed by atoms with Crippen molar-refractivity contribution in [3.63, 3.8) is 0 Å². The maximum absolute atomic E-state index is 5.87. The molecule has 0 amide bonds. The Bertz CT molecular complexity index is 378. The average Bonchev–Trinajstić information content (AvgIpc) is 2.76. The minimum atomic E-state index is 0.463. The zero-order valence-corrected chi connectivity index (χ0v) is 11.1. The number of hydrogen-bond acceptors (Lipinski definition) is 3. The molecule has 0 saturated carbocycles. The molecule has 1 aromatic carbocycles. The summed E-state index contributed by atoms with van der Waals surface area (Å²) in [6.07, 6.45) is 3.40. The van der Waals surface area contributed by atoms with Gasteiger partial charge < -0.3 is 15.0 Å². The molecule has 0 aliphatic carbocycles. The number of rotatable bonds is 4. The van der Waals surface area contributed by atoms with Gasteiger partial charge in [-0.2, -0.15) is 0 Å². The molecule has 1 aromatic rings. The molecule has 3 nitrogen and oxygen atoms in total. The highest BCUT2D eigenvalue weighted by molar-refractivity contribution is 5.48. The number of fused-ring (bicyclic) bond motifs is 2. The van der Waals surface area contributed by atoms with Gasteiger partial charge in [-0.25, -0.2) is 0 Å². The van der Waals surface area contributed by atoms with Crippen LogP contribution in [-0.4, -0.2) is 31.8 Å². The quantitative estimate of drug-likeness (QED) is 0.881. The normalized spacial score (nSPS) is 26.6. The number of nitrogens with one attached hydrogen (secondary N) is 1. The van der Waals surface area contributed by atoms with Crippen molar-refractivity contribution in [3.8, 4) is 0 Å². The maximum Gasteiger partial charge on any atom is 0.0755 e. The van der Waals surface area contributed by atoms with Crippen LogP contribution in [-0.2, 0) is 11.3 Å². The van der Waals surface area contributed by atoms with Crippen LogP contribution in [0.4, 0.5) is 5.69 Å². The zero-order chi connectivity index (χ0) is 12.4. The fourth-order valence-corrected chi connectivity index (χ4v) is 2.92. The van der Waals surface area contributed by atoms with E-state index in [4.69, 9.17) is 4.74 Å². The Balaban J connectivity index is 1.65. The summed E-state index contributed by atoms with van der Waals surface area (Å²) < 4.78 is 5.87. The van der Waals surface area contributed by atoms with Crippen molar-refractivity contribution in [3.05, 3.63) is 29.8 Å². The Morgan fingerprint density at radius 2 is 1.83 bits per heavy atom. The van der Waals surface area contributed by atoms with E-state index >= 15 is 0 Å². The first kappa shape index (κ1) is 12.0. The second-order valence-electron chi connectivity index (χ2n) is 5.31. The zero-order valence-electron chi connectivity index (χ0n) is 11.1. The molecule has 0 aromatic heterocycles. The lowest BCUT2D eigenvalue weighted by Gasteiger charge is -2.33. The molecule has 2 aliphatic heterocycles. The first-order valence-corrected chi connectivity index (χ1v) is 7.05. The lowest BCUT2D eigenvalue weighted by atomic mass is 10.1. The van der Waals surface area contributed by atoms with Gasteiger partial charge in [-0.1, -0.05) is 19.1 Å². The summed E-state index contributed by atoms with van der Waals surface area (Å²) in [5, 5.41) is 3.35. The van der Waals surface area contributed by atoms with Crippen molar-refractivity contribution >= 4 is 5.69 Å². The molecule has 98 valence electrons. The van der Waals surface area contributed by atoms with Crippen molar-refractivity contribution in [1.29, 1.82) is 0 Å². The summed E-state index contributed by atoms with van der Waals surface area (Å²) in [6, 6.07) is 8.96. The smallest absolute Gasteiger partial charge is 0.0755 e. The molecule has 3 rings (SSSR count). The number of morpholine rings is 1. The molecule has 2 fully saturated rings. The van der Waals surface area contributed by atoms with Crippen LogP contribution in [0.15, 0.2) is 24.3 Å². The van der Waals surface area contributed by atoms with Crippen LogP contribution in [0.3, 0.4) is 0 Å². The number of hydrogen-bond donors (Lipinski definition) is 1. The second-order valence-corrected chi connectivity index (χ2v) is 5.31. The van der Waals surface area contributed by atoms with E-state index in [0.29, 0.717) is 12.2 Å². The molecule has 2 bridgehead atoms. The molecule has 2 aliphatic rings. The molecule has 0 spiro atoms. The van der Waals surface area contributed by atoms with E-state index in [1.165, 1.54) is 24.1 Å². The Hall–Kier alpha value is -1.06. The molecule has 1 N–H and O–H groups in total. The third-order valence-electron chi connectivity index (χ3n) is 3.92. The van der Waals surface area contributed by atoms with Crippen molar-refractivity contribution in [2.45, 2.75) is 38.5 Å². The molecule has 18 heavy (non-hydrogen) atoms. The van der Waals surface area contributed by atoms with Gasteiger partial charge in [-0.05, 0) is 37.1 Å². The number of ether oxygens (including phenoxy) is 1. The largest absolute Gasteiger partial charge is 0.371 e. The van der Waals surface area contributed by atoms with Gasteiger partial charge in [0.2, 0.25) is 0 Å². The first-order valence-electron chi connectivity index (χ1n) is 7.05. The molecular weight excluding hydrogens is 224 g/mol. The van der Waals surface area contributed by atoms with E-state index in [1.807, 2.05) is 0 Å². The fourth-order valence-electron chi connectivity index (χ4n) is 2.92. The summed E-state index contributed by atoms with van der Waals surface area (Å²) in [5.41, 5.74) is 2.70. The predicted molar refractivity (Wildman–Crippen MR) is 73.9 cm³/mol. The summed E-state index contributed by atoms with van der Waals surface area (Å²) >= 11 is 0. The van der Waals surface area contributed by atoms with E-state index < -0.39 is 0 Å². The molecule has 2 saturated heterocycles. The van der Waals surface area contributed by atoms with Crippen LogP contribution in [0.2, 0.25) is 0 Å². The van der Waals surface area contributed by atoms with Gasteiger partial charge in [0.05, 0.1) is 12.2 Å². The van der Waals surface area contributed by atoms with Crippen molar-refractivity contribution in [2.24, 2.45) is 0 Å². The van der Waals surface area contributed by atoms with Crippen LogP contribution in [0.5, 0.6) is 0 Å². The standard InChI is InChI=1S/C15H22N2O/c1-2-16-9-12-3-5-13(6-4-12)17-10-14-7-8-15(11-17)18-14/h3-6,14-16H,2,7-11H2,1H3. The Labute approximate surface area is 109 Å². The van der Waals surface area contributed by atoms with E-state index in [1.54, 1.807) is 0 Å². The highest BCUT2D eigenvalue weighted by atomic mass is 16.5. The molecule has 2 heterocycles. The minimum Gasteiger partial charge on any atom is -0.371 e. The minimum absolute atomic E-state index is 0.463. The highest BCUT2D eigenvalue weighted by Crippen LogP contribution is 2.29. The monoisotopic (exact) mass is 246 g/mol. The van der Waals surface area contributed by atoms with E-state index in [2.05, 4.69) is 41.4 Å². The number of benzene rings is 1. The van der Waals surface area contributed by atoms with Crippen LogP contribution in [0.1, 0.15) is 25.3 Å². The third kappa shape index (κ3) is 2.52. The van der Waals surface area contributed by atoms with Gasteiger partial charge in [0.1, 0.15) is 0 Å². The molecular formula is C15H22N2O. The SMILES string of the molecule is CCNCc1ccc(N2CC3CCC(C2)O3)cc1. The van der Waals surface area contributed by atoms with Gasteiger partial charge in [0.15, 0.2) is 0 Å². The molecule has 2 atom stereocenters. The van der Waals surface area contributed by atoms with Crippen molar-refractivity contribution < 1.29 is 4.74 Å². The number of anilines is 1. The van der Waals surface area contributed by atoms with Gasteiger partial charge >= 0.3 is 0 Å². The number of nitrogens with zero attached hydrogens (tertiary/aromatic N) is 1. The van der Waals surface area contributed by atoms with Crippen LogP contribution < -0.4 is 10.2 Å². The highest BCUT2D eigenvalue weighted by Gasteiger charge is 2.33. The first-order chi connectivity index (χ1) is 8.85. The molecule has 3 heteroatoms. The van der Waals surface area contributed by atoms with Gasteiger partial charge in [-0.3, -0.25) is 0 Å². The lowest BCUT2D eigenvalue weighted by Crippen LogP contribution is -2.42. The van der Waals surface area contributed by atoms with Crippen molar-refractivity contribution in [1.82, 2.24) is 5.32 Å². The Kier molecular flexibility index (Phi) is 3.52. The third-order valence-corrected chi connectivity index (χ3v) is 3.92. The van der Waals surface area contributed by atoms with Crippen LogP contribution >= 0.6 is 0 Å². The van der Waals surface area contributed by atoms with E-state index in [0.717, 1.165) is 26.2 Å². The summed E-state index contributed by atoms with van der Waals surface area (Å²) in [7, 11) is 0. The van der Waals surface area contributed by atoms with Gasteiger partial charge in [0, 0.05) is 25.3 Å². The van der Waals surface area contributed by atoms with Crippen LogP contribution in [0, 0.1) is 0 Å². The summed E-state index contributed by atoms with van der Waals surface area (Å²) in [6.45, 7) is 6.24. The van der Waals surface area contributed by atoms with E-state index in [9.17, 15) is 0 Å². The fraction of sp³-hybridized carbons (Fsp3) is 0.600. The molecule has 2 unspecified atom stereocenters. The summed E-state index contributed by atoms with van der Waals surface area (Å²) in [4.78, 5) is 2.48. The Morgan fingerprint density at radius 3 is 2.44 bits per heavy atom. The average molecular weight is 246 g/mol. The predicted octanol–water partition coefficient (Wildman–Crippen LogP) is 2.16. The van der Waals surface area contributed by atoms with Gasteiger partial charge in [-0.15, -0.1) is 0 Å². The second kappa shape index (κ2) is 5.29. The summed E-state index contributed by atoms with van der Waals surface area (Å²) in [5.74, 6) is 0. The van der Waals surface area contributed by atoms with Crippen molar-refractivity contribution in [2.75, 3.05) is 24.5 Å².